The minimum atomic E-state index is 0.638. The number of imidazole rings is 1. The third-order valence-electron chi connectivity index (χ3n) is 2.92. The Hall–Kier alpha value is -0.570. The Labute approximate surface area is 84.0 Å². The Morgan fingerprint density at radius 1 is 1.69 bits per heavy atom. The molecule has 3 heteroatoms. The zero-order chi connectivity index (χ0) is 9.42. The van der Waals surface area contributed by atoms with E-state index in [2.05, 4.69) is 23.4 Å². The molecule has 0 saturated heterocycles. The molecule has 1 aromatic heterocycles. The van der Waals surface area contributed by atoms with Crippen LogP contribution in [0.2, 0.25) is 0 Å². The minimum absolute atomic E-state index is 0.638. The lowest BCUT2D eigenvalue weighted by Gasteiger charge is -2.17. The maximum atomic E-state index is 5.27. The first kappa shape index (κ1) is 9.00. The third kappa shape index (κ3) is 1.57. The van der Waals surface area contributed by atoms with Gasteiger partial charge in [0.2, 0.25) is 0 Å². The number of aromatic nitrogens is 2. The third-order valence-corrected chi connectivity index (χ3v) is 3.23. The quantitative estimate of drug-likeness (QED) is 0.736. The van der Waals surface area contributed by atoms with Gasteiger partial charge in [0.15, 0.2) is 4.77 Å². The molecule has 72 valence electrons. The highest BCUT2D eigenvalue weighted by Gasteiger charge is 2.31. The smallest absolute Gasteiger partial charge is 0.177 e. The lowest BCUT2D eigenvalue weighted by Crippen LogP contribution is -2.11. The summed E-state index contributed by atoms with van der Waals surface area (Å²) in [5.41, 5.74) is 1.27. The van der Waals surface area contributed by atoms with Crippen LogP contribution in [0.25, 0.3) is 0 Å². The van der Waals surface area contributed by atoms with Gasteiger partial charge in [-0.1, -0.05) is 6.92 Å². The molecule has 0 spiro atoms. The van der Waals surface area contributed by atoms with Crippen LogP contribution in [0.5, 0.6) is 0 Å². The maximum absolute atomic E-state index is 5.27. The molecule has 1 aliphatic rings. The average Bonchev–Trinajstić information content (AvgIpc) is 2.88. The molecular formula is C10H16N2S. The number of hydrogen-bond donors (Lipinski definition) is 1. The average molecular weight is 196 g/mol. The van der Waals surface area contributed by atoms with Gasteiger partial charge in [-0.15, -0.1) is 0 Å². The molecule has 0 radical (unpaired) electrons. The Morgan fingerprint density at radius 2 is 2.38 bits per heavy atom. The fraction of sp³-hybridized carbons (Fsp3) is 0.700. The molecule has 1 aliphatic carbocycles. The highest BCUT2D eigenvalue weighted by Crippen LogP contribution is 2.41. The largest absolute Gasteiger partial charge is 0.337 e. The van der Waals surface area contributed by atoms with Gasteiger partial charge in [0, 0.05) is 17.9 Å². The first-order valence-electron chi connectivity index (χ1n) is 5.00. The number of nitrogens with zero attached hydrogens (tertiary/aromatic N) is 1. The summed E-state index contributed by atoms with van der Waals surface area (Å²) in [7, 11) is 0. The van der Waals surface area contributed by atoms with Gasteiger partial charge in [-0.3, -0.25) is 0 Å². The number of hydrogen-bond acceptors (Lipinski definition) is 1. The molecule has 1 N–H and O–H groups in total. The summed E-state index contributed by atoms with van der Waals surface area (Å²) >= 11 is 5.27. The van der Waals surface area contributed by atoms with E-state index < -0.39 is 0 Å². The monoisotopic (exact) mass is 196 g/mol. The van der Waals surface area contributed by atoms with Crippen LogP contribution in [0.3, 0.4) is 0 Å². The van der Waals surface area contributed by atoms with Crippen LogP contribution < -0.4 is 0 Å². The van der Waals surface area contributed by atoms with Crippen LogP contribution in [0.15, 0.2) is 6.20 Å². The van der Waals surface area contributed by atoms with Crippen LogP contribution in [0, 0.1) is 17.6 Å². The van der Waals surface area contributed by atoms with Gasteiger partial charge in [-0.25, -0.2) is 0 Å². The molecule has 1 unspecified atom stereocenters. The summed E-state index contributed by atoms with van der Waals surface area (Å²) in [5.74, 6) is 0.881. The minimum Gasteiger partial charge on any atom is -0.337 e. The van der Waals surface area contributed by atoms with Gasteiger partial charge >= 0.3 is 0 Å². The zero-order valence-corrected chi connectivity index (χ0v) is 9.03. The summed E-state index contributed by atoms with van der Waals surface area (Å²) in [4.78, 5) is 3.11. The molecule has 1 saturated carbocycles. The van der Waals surface area contributed by atoms with E-state index in [1.807, 2.05) is 6.20 Å². The Kier molecular flexibility index (Phi) is 2.28. The van der Waals surface area contributed by atoms with E-state index in [0.29, 0.717) is 6.04 Å². The van der Waals surface area contributed by atoms with Gasteiger partial charge in [0.05, 0.1) is 0 Å². The van der Waals surface area contributed by atoms with Gasteiger partial charge in [-0.05, 0) is 44.3 Å². The van der Waals surface area contributed by atoms with Crippen molar-refractivity contribution in [2.75, 3.05) is 0 Å². The fourth-order valence-corrected chi connectivity index (χ4v) is 2.42. The topological polar surface area (TPSA) is 20.7 Å². The SMILES string of the molecule is CCC(C1CC1)n1c(C)c[nH]c1=S. The summed E-state index contributed by atoms with van der Waals surface area (Å²) in [5, 5.41) is 0. The normalized spacial score (nSPS) is 18.9. The molecular weight excluding hydrogens is 180 g/mol. The van der Waals surface area contributed by atoms with E-state index in [0.717, 1.165) is 10.7 Å². The highest BCUT2D eigenvalue weighted by molar-refractivity contribution is 7.71. The van der Waals surface area contributed by atoms with Crippen LogP contribution in [-0.4, -0.2) is 9.55 Å². The molecule has 0 aliphatic heterocycles. The van der Waals surface area contributed by atoms with Gasteiger partial charge in [0.1, 0.15) is 0 Å². The van der Waals surface area contributed by atoms with Crippen LogP contribution in [0.4, 0.5) is 0 Å². The van der Waals surface area contributed by atoms with Gasteiger partial charge in [-0.2, -0.15) is 0 Å². The summed E-state index contributed by atoms with van der Waals surface area (Å²) < 4.78 is 3.17. The van der Waals surface area contributed by atoms with Crippen molar-refractivity contribution in [1.29, 1.82) is 0 Å². The second kappa shape index (κ2) is 3.29. The van der Waals surface area contributed by atoms with Crippen molar-refractivity contribution in [3.05, 3.63) is 16.7 Å². The molecule has 13 heavy (non-hydrogen) atoms. The van der Waals surface area contributed by atoms with Crippen LogP contribution in [-0.2, 0) is 0 Å². The molecule has 0 aromatic carbocycles. The zero-order valence-electron chi connectivity index (χ0n) is 8.21. The summed E-state index contributed by atoms with van der Waals surface area (Å²) in [6.45, 7) is 4.37. The van der Waals surface area contributed by atoms with Crippen molar-refractivity contribution in [2.45, 2.75) is 39.2 Å². The first-order chi connectivity index (χ1) is 6.24. The van der Waals surface area contributed by atoms with Crippen molar-refractivity contribution >= 4 is 12.2 Å². The van der Waals surface area contributed by atoms with E-state index in [-0.39, 0.29) is 0 Å². The number of rotatable bonds is 3. The molecule has 1 aromatic rings. The van der Waals surface area contributed by atoms with E-state index in [9.17, 15) is 0 Å². The predicted octanol–water partition coefficient (Wildman–Crippen LogP) is 3.22. The second-order valence-electron chi connectivity index (χ2n) is 3.92. The van der Waals surface area contributed by atoms with E-state index in [4.69, 9.17) is 12.2 Å². The molecule has 0 amide bonds. The number of nitrogens with one attached hydrogen (secondary N) is 1. The molecule has 2 nitrogen and oxygen atoms in total. The van der Waals surface area contributed by atoms with Crippen LogP contribution in [0.1, 0.15) is 37.9 Å². The molecule has 1 atom stereocenters. The van der Waals surface area contributed by atoms with Crippen molar-refractivity contribution < 1.29 is 0 Å². The summed E-state index contributed by atoms with van der Waals surface area (Å²) in [6, 6.07) is 0.638. The van der Waals surface area contributed by atoms with Crippen LogP contribution >= 0.6 is 12.2 Å². The Balaban J connectivity index is 2.35. The highest BCUT2D eigenvalue weighted by atomic mass is 32.1. The summed E-state index contributed by atoms with van der Waals surface area (Å²) in [6.07, 6.45) is 5.96. The van der Waals surface area contributed by atoms with Gasteiger partial charge in [0.25, 0.3) is 0 Å². The first-order valence-corrected chi connectivity index (χ1v) is 5.41. The lowest BCUT2D eigenvalue weighted by molar-refractivity contribution is 0.420. The molecule has 1 fully saturated rings. The number of H-pyrrole nitrogens is 1. The van der Waals surface area contributed by atoms with E-state index in [1.54, 1.807) is 0 Å². The van der Waals surface area contributed by atoms with Crippen molar-refractivity contribution in [3.63, 3.8) is 0 Å². The number of aromatic amines is 1. The van der Waals surface area contributed by atoms with Crippen molar-refractivity contribution in [2.24, 2.45) is 5.92 Å². The number of aryl methyl sites for hydroxylation is 1. The molecule has 0 bridgehead atoms. The van der Waals surface area contributed by atoms with Gasteiger partial charge < -0.3 is 9.55 Å². The standard InChI is InChI=1S/C10H16N2S/c1-3-9(8-4-5-8)12-7(2)6-11-10(12)13/h6,8-9H,3-5H2,1-2H3,(H,11,13). The van der Waals surface area contributed by atoms with E-state index in [1.165, 1.54) is 25.0 Å². The Bertz CT molecular complexity index is 346. The maximum Gasteiger partial charge on any atom is 0.177 e. The second-order valence-corrected chi connectivity index (χ2v) is 4.30. The molecule has 2 rings (SSSR count). The lowest BCUT2D eigenvalue weighted by atomic mass is 10.1. The Morgan fingerprint density at radius 3 is 2.77 bits per heavy atom. The van der Waals surface area contributed by atoms with Crippen molar-refractivity contribution in [1.82, 2.24) is 9.55 Å². The van der Waals surface area contributed by atoms with Crippen molar-refractivity contribution in [3.8, 4) is 0 Å². The predicted molar refractivity (Wildman–Crippen MR) is 56.4 cm³/mol. The van der Waals surface area contributed by atoms with E-state index >= 15 is 0 Å². The fourth-order valence-electron chi connectivity index (χ4n) is 2.09. The molecule has 1 heterocycles.